The molecule has 4 nitrogen and oxygen atoms in total. The number of urea groups is 1. The molecule has 10 heteroatoms. The maximum Gasteiger partial charge on any atom is 0.416 e. The number of amides is 2. The lowest BCUT2D eigenvalue weighted by atomic mass is 10.1. The van der Waals surface area contributed by atoms with Crippen LogP contribution in [0.1, 0.15) is 11.1 Å². The minimum atomic E-state index is -4.90. The third-order valence-electron chi connectivity index (χ3n) is 2.97. The van der Waals surface area contributed by atoms with Crippen molar-refractivity contribution in [2.75, 3.05) is 18.9 Å². The Morgan fingerprint density at radius 1 is 1.26 bits per heavy atom. The van der Waals surface area contributed by atoms with Crippen LogP contribution in [0.5, 0.6) is 0 Å². The van der Waals surface area contributed by atoms with Crippen molar-refractivity contribution in [3.63, 3.8) is 0 Å². The monoisotopic (exact) mass is 344 g/mol. The summed E-state index contributed by atoms with van der Waals surface area (Å²) in [5, 5.41) is 10.9. The van der Waals surface area contributed by atoms with Crippen molar-refractivity contribution in [1.82, 2.24) is 4.90 Å². The van der Waals surface area contributed by atoms with Crippen LogP contribution in [0.4, 0.5) is 36.8 Å². The lowest BCUT2D eigenvalue weighted by Crippen LogP contribution is -2.43. The van der Waals surface area contributed by atoms with Gasteiger partial charge in [-0.1, -0.05) is 6.07 Å². The Labute approximate surface area is 127 Å². The van der Waals surface area contributed by atoms with E-state index in [4.69, 9.17) is 5.11 Å². The Balaban J connectivity index is 2.82. The van der Waals surface area contributed by atoms with Crippen LogP contribution in [-0.4, -0.2) is 41.9 Å². The molecule has 0 bridgehead atoms. The van der Waals surface area contributed by atoms with Crippen molar-refractivity contribution in [3.8, 4) is 0 Å². The number of aliphatic hydroxyl groups is 1. The molecule has 1 rings (SSSR count). The van der Waals surface area contributed by atoms with E-state index in [1.54, 1.807) is 0 Å². The molecule has 0 aliphatic heterocycles. The number of rotatable bonds is 3. The molecule has 2 amide bonds. The number of alkyl halides is 6. The summed E-state index contributed by atoms with van der Waals surface area (Å²) in [4.78, 5) is 12.2. The predicted molar refractivity (Wildman–Crippen MR) is 69.9 cm³/mol. The second-order valence-electron chi connectivity index (χ2n) is 4.90. The van der Waals surface area contributed by atoms with Gasteiger partial charge < -0.3 is 15.3 Å². The molecule has 1 aromatic carbocycles. The first kappa shape index (κ1) is 19.1. The maximum atomic E-state index is 12.7. The van der Waals surface area contributed by atoms with Crippen LogP contribution in [0.25, 0.3) is 0 Å². The minimum absolute atomic E-state index is 0.0589. The highest BCUT2D eigenvalue weighted by Crippen LogP contribution is 2.33. The van der Waals surface area contributed by atoms with Crippen LogP contribution < -0.4 is 5.32 Å². The second-order valence-corrected chi connectivity index (χ2v) is 4.90. The molecule has 0 saturated heterocycles. The Bertz CT molecular complexity index is 571. The molecule has 0 aromatic heterocycles. The normalized spacial score (nSPS) is 13.6. The van der Waals surface area contributed by atoms with Gasteiger partial charge >= 0.3 is 18.4 Å². The zero-order valence-corrected chi connectivity index (χ0v) is 12.1. The van der Waals surface area contributed by atoms with Crippen molar-refractivity contribution >= 4 is 11.7 Å². The number of nitrogens with one attached hydrogen (secondary N) is 1. The van der Waals surface area contributed by atoms with Crippen LogP contribution >= 0.6 is 0 Å². The van der Waals surface area contributed by atoms with Crippen molar-refractivity contribution < 1.29 is 36.2 Å². The number of likely N-dealkylation sites (N-methyl/N-ethyl adjacent to an activating group) is 1. The van der Waals surface area contributed by atoms with E-state index in [1.165, 1.54) is 13.0 Å². The fraction of sp³-hybridized carbons (Fsp3) is 0.462. The fourth-order valence-corrected chi connectivity index (χ4v) is 1.67. The molecular formula is C13H14F6N2O2. The molecule has 0 saturated carbocycles. The molecule has 130 valence electrons. The zero-order valence-electron chi connectivity index (χ0n) is 12.1. The quantitative estimate of drug-likeness (QED) is 0.826. The highest BCUT2D eigenvalue weighted by molar-refractivity contribution is 5.89. The van der Waals surface area contributed by atoms with Gasteiger partial charge in [-0.05, 0) is 24.6 Å². The van der Waals surface area contributed by atoms with E-state index < -0.39 is 36.6 Å². The third kappa shape index (κ3) is 5.31. The average Bonchev–Trinajstić information content (AvgIpc) is 2.38. The lowest BCUT2D eigenvalue weighted by Gasteiger charge is -2.23. The standard InChI is InChI=1S/C13H14F6N2O2/c1-7-3-4-8(5-9(7)12(14,15)16)20-11(23)21(2)6-10(22)13(17,18)19/h3-5,10,22H,6H2,1-2H3,(H,20,23). The van der Waals surface area contributed by atoms with Crippen molar-refractivity contribution in [1.29, 1.82) is 0 Å². The average molecular weight is 344 g/mol. The number of benzene rings is 1. The van der Waals surface area contributed by atoms with E-state index in [0.29, 0.717) is 11.0 Å². The molecule has 1 atom stereocenters. The molecule has 2 N–H and O–H groups in total. The predicted octanol–water partition coefficient (Wildman–Crippen LogP) is 3.40. The largest absolute Gasteiger partial charge is 0.416 e. The summed E-state index contributed by atoms with van der Waals surface area (Å²) in [5.74, 6) is 0. The van der Waals surface area contributed by atoms with Gasteiger partial charge in [-0.3, -0.25) is 0 Å². The highest BCUT2D eigenvalue weighted by atomic mass is 19.4. The number of carbonyl (C=O) groups is 1. The first-order valence-electron chi connectivity index (χ1n) is 6.27. The first-order valence-corrected chi connectivity index (χ1v) is 6.27. The van der Waals surface area contributed by atoms with Gasteiger partial charge in [-0.25, -0.2) is 4.79 Å². The van der Waals surface area contributed by atoms with Gasteiger partial charge in [0.2, 0.25) is 0 Å². The Hall–Kier alpha value is -1.97. The van der Waals surface area contributed by atoms with E-state index in [0.717, 1.165) is 13.1 Å². The molecule has 0 spiro atoms. The van der Waals surface area contributed by atoms with Gasteiger partial charge in [-0.2, -0.15) is 26.3 Å². The molecule has 0 fully saturated rings. The number of carbonyl (C=O) groups excluding carboxylic acids is 1. The Morgan fingerprint density at radius 2 is 1.83 bits per heavy atom. The number of nitrogens with zero attached hydrogens (tertiary/aromatic N) is 1. The van der Waals surface area contributed by atoms with E-state index in [1.807, 2.05) is 5.32 Å². The number of aliphatic hydroxyl groups excluding tert-OH is 1. The van der Waals surface area contributed by atoms with E-state index in [2.05, 4.69) is 0 Å². The van der Waals surface area contributed by atoms with Crippen LogP contribution in [-0.2, 0) is 6.18 Å². The molecule has 0 heterocycles. The van der Waals surface area contributed by atoms with E-state index in [9.17, 15) is 31.1 Å². The Kier molecular flexibility index (Phi) is 5.51. The summed E-state index contributed by atoms with van der Waals surface area (Å²) in [5.41, 5.74) is -1.24. The zero-order chi connectivity index (χ0) is 18.0. The van der Waals surface area contributed by atoms with Crippen molar-refractivity contribution in [2.24, 2.45) is 0 Å². The topological polar surface area (TPSA) is 52.6 Å². The van der Waals surface area contributed by atoms with Gasteiger partial charge in [0.15, 0.2) is 6.10 Å². The summed E-state index contributed by atoms with van der Waals surface area (Å²) >= 11 is 0. The van der Waals surface area contributed by atoms with Crippen molar-refractivity contribution in [2.45, 2.75) is 25.4 Å². The number of aryl methyl sites for hydroxylation is 1. The number of halogens is 6. The summed E-state index contributed by atoms with van der Waals surface area (Å²) in [7, 11) is 0.975. The SMILES string of the molecule is Cc1ccc(NC(=O)N(C)CC(O)C(F)(F)F)cc1C(F)(F)F. The van der Waals surface area contributed by atoms with Crippen LogP contribution in [0, 0.1) is 6.92 Å². The van der Waals surface area contributed by atoms with Gasteiger partial charge in [0, 0.05) is 12.7 Å². The highest BCUT2D eigenvalue weighted by Gasteiger charge is 2.39. The molecule has 23 heavy (non-hydrogen) atoms. The molecule has 0 aliphatic carbocycles. The second kappa shape index (κ2) is 6.65. The minimum Gasteiger partial charge on any atom is -0.382 e. The van der Waals surface area contributed by atoms with Gasteiger partial charge in [-0.15, -0.1) is 0 Å². The van der Waals surface area contributed by atoms with Gasteiger partial charge in [0.05, 0.1) is 12.1 Å². The maximum absolute atomic E-state index is 12.7. The number of anilines is 1. The van der Waals surface area contributed by atoms with Gasteiger partial charge in [0.25, 0.3) is 0 Å². The van der Waals surface area contributed by atoms with Crippen LogP contribution in [0.2, 0.25) is 0 Å². The summed E-state index contributed by atoms with van der Waals surface area (Å²) < 4.78 is 74.8. The number of hydrogen-bond acceptors (Lipinski definition) is 2. The first-order chi connectivity index (χ1) is 10.3. The summed E-state index contributed by atoms with van der Waals surface area (Å²) in [6.07, 6.45) is -12.3. The summed E-state index contributed by atoms with van der Waals surface area (Å²) in [6.45, 7) is 0.188. The fourth-order valence-electron chi connectivity index (χ4n) is 1.67. The smallest absolute Gasteiger partial charge is 0.382 e. The Morgan fingerprint density at radius 3 is 2.30 bits per heavy atom. The lowest BCUT2D eigenvalue weighted by molar-refractivity contribution is -0.205. The third-order valence-corrected chi connectivity index (χ3v) is 2.97. The van der Waals surface area contributed by atoms with Crippen LogP contribution in [0.15, 0.2) is 18.2 Å². The summed E-state index contributed by atoms with van der Waals surface area (Å²) in [6, 6.07) is 1.92. The molecule has 0 radical (unpaired) electrons. The molecule has 0 aliphatic rings. The van der Waals surface area contributed by atoms with E-state index in [-0.39, 0.29) is 11.3 Å². The van der Waals surface area contributed by atoms with Crippen molar-refractivity contribution in [3.05, 3.63) is 29.3 Å². The number of hydrogen-bond donors (Lipinski definition) is 2. The van der Waals surface area contributed by atoms with Gasteiger partial charge in [0.1, 0.15) is 0 Å². The van der Waals surface area contributed by atoms with E-state index >= 15 is 0 Å². The molecular weight excluding hydrogens is 330 g/mol. The molecule has 1 aromatic rings. The van der Waals surface area contributed by atoms with Crippen LogP contribution in [0.3, 0.4) is 0 Å². The molecule has 1 unspecified atom stereocenters.